The third kappa shape index (κ3) is 4.28. The summed E-state index contributed by atoms with van der Waals surface area (Å²) in [6, 6.07) is 9.57. The Morgan fingerprint density at radius 2 is 1.81 bits per heavy atom. The lowest BCUT2D eigenvalue weighted by Gasteiger charge is -2.22. The second-order valence-corrected chi connectivity index (χ2v) is 7.11. The van der Waals surface area contributed by atoms with Crippen molar-refractivity contribution in [3.05, 3.63) is 58.6 Å². The van der Waals surface area contributed by atoms with Crippen LogP contribution in [0.2, 0.25) is 0 Å². The van der Waals surface area contributed by atoms with Gasteiger partial charge in [-0.05, 0) is 31.2 Å². The Balaban J connectivity index is 1.93. The summed E-state index contributed by atoms with van der Waals surface area (Å²) in [4.78, 5) is 29.1. The highest BCUT2D eigenvalue weighted by Crippen LogP contribution is 2.29. The molecule has 0 radical (unpaired) electrons. The number of aryl methyl sites for hydroxylation is 1. The van der Waals surface area contributed by atoms with Crippen molar-refractivity contribution < 1.29 is 23.5 Å². The number of carboxylic acids is 1. The topological polar surface area (TPSA) is 70.5 Å². The van der Waals surface area contributed by atoms with Crippen LogP contribution in [-0.4, -0.2) is 22.0 Å². The van der Waals surface area contributed by atoms with Gasteiger partial charge in [0.15, 0.2) is 11.6 Å². The zero-order chi connectivity index (χ0) is 19.6. The number of aromatic nitrogens is 1. The first-order valence-electron chi connectivity index (χ1n) is 8.17. The number of carboxylic acid groups (broad SMARTS) is 1. The number of rotatable bonds is 6. The standard InChI is InChI=1S/C19H16F2N2O3S/c1-11-2-4-12(5-3-11)23(16(24)8-9-17(25)26)10-15-22-14-7-6-13(20)18(21)19(14)27-15/h2-7H,8-10H2,1H3,(H,25,26). The molecule has 2 aromatic carbocycles. The van der Waals surface area contributed by atoms with E-state index >= 15 is 0 Å². The number of benzene rings is 2. The lowest BCUT2D eigenvalue weighted by molar-refractivity contribution is -0.138. The number of carbonyl (C=O) groups excluding carboxylic acids is 1. The molecular weight excluding hydrogens is 374 g/mol. The van der Waals surface area contributed by atoms with E-state index in [1.54, 1.807) is 12.1 Å². The Morgan fingerprint density at radius 3 is 2.48 bits per heavy atom. The number of thiazole rings is 1. The minimum Gasteiger partial charge on any atom is -0.481 e. The third-order valence-corrected chi connectivity index (χ3v) is 5.04. The van der Waals surface area contributed by atoms with E-state index in [1.165, 1.54) is 11.0 Å². The number of anilines is 1. The van der Waals surface area contributed by atoms with Gasteiger partial charge in [0.2, 0.25) is 5.91 Å². The maximum atomic E-state index is 13.9. The van der Waals surface area contributed by atoms with Crippen LogP contribution in [0.5, 0.6) is 0 Å². The average molecular weight is 390 g/mol. The molecule has 0 aliphatic heterocycles. The highest BCUT2D eigenvalue weighted by atomic mass is 32.1. The zero-order valence-corrected chi connectivity index (χ0v) is 15.2. The van der Waals surface area contributed by atoms with Crippen molar-refractivity contribution in [2.75, 3.05) is 4.90 Å². The number of hydrogen-bond donors (Lipinski definition) is 1. The smallest absolute Gasteiger partial charge is 0.303 e. The number of hydrogen-bond acceptors (Lipinski definition) is 4. The average Bonchev–Trinajstić information content (AvgIpc) is 3.05. The largest absolute Gasteiger partial charge is 0.481 e. The fourth-order valence-electron chi connectivity index (χ4n) is 2.58. The SMILES string of the molecule is Cc1ccc(N(Cc2nc3ccc(F)c(F)c3s2)C(=O)CCC(=O)O)cc1. The van der Waals surface area contributed by atoms with E-state index in [0.717, 1.165) is 23.0 Å². The van der Waals surface area contributed by atoms with E-state index in [1.807, 2.05) is 19.1 Å². The molecule has 1 N–H and O–H groups in total. The predicted molar refractivity (Wildman–Crippen MR) is 98.8 cm³/mol. The number of halogens is 2. The first kappa shape index (κ1) is 18.9. The normalized spacial score (nSPS) is 10.9. The van der Waals surface area contributed by atoms with Crippen LogP contribution in [0.3, 0.4) is 0 Å². The van der Waals surface area contributed by atoms with E-state index < -0.39 is 17.6 Å². The molecule has 1 heterocycles. The second-order valence-electron chi connectivity index (χ2n) is 6.03. The molecule has 1 amide bonds. The van der Waals surface area contributed by atoms with Gasteiger partial charge in [-0.15, -0.1) is 11.3 Å². The first-order valence-corrected chi connectivity index (χ1v) is 8.99. The van der Waals surface area contributed by atoms with Gasteiger partial charge in [0.1, 0.15) is 5.01 Å². The Morgan fingerprint density at radius 1 is 1.11 bits per heavy atom. The molecule has 0 fully saturated rings. The Bertz CT molecular complexity index is 1000. The van der Waals surface area contributed by atoms with E-state index in [9.17, 15) is 18.4 Å². The molecule has 0 unspecified atom stereocenters. The van der Waals surface area contributed by atoms with Gasteiger partial charge >= 0.3 is 5.97 Å². The quantitative estimate of drug-likeness (QED) is 0.682. The summed E-state index contributed by atoms with van der Waals surface area (Å²) in [5, 5.41) is 9.26. The summed E-state index contributed by atoms with van der Waals surface area (Å²) in [5.41, 5.74) is 1.91. The molecule has 5 nitrogen and oxygen atoms in total. The Kier molecular flexibility index (Phi) is 5.46. The number of amides is 1. The van der Waals surface area contributed by atoms with Crippen LogP contribution in [0.15, 0.2) is 36.4 Å². The number of fused-ring (bicyclic) bond motifs is 1. The summed E-state index contributed by atoms with van der Waals surface area (Å²) in [7, 11) is 0. The molecule has 0 spiro atoms. The van der Waals surface area contributed by atoms with E-state index in [0.29, 0.717) is 16.2 Å². The zero-order valence-electron chi connectivity index (χ0n) is 14.4. The van der Waals surface area contributed by atoms with E-state index in [-0.39, 0.29) is 30.0 Å². The van der Waals surface area contributed by atoms with Crippen LogP contribution in [0.1, 0.15) is 23.4 Å². The first-order chi connectivity index (χ1) is 12.8. The highest BCUT2D eigenvalue weighted by molar-refractivity contribution is 7.18. The van der Waals surface area contributed by atoms with Gasteiger partial charge in [-0.3, -0.25) is 9.59 Å². The fraction of sp³-hybridized carbons (Fsp3) is 0.211. The molecule has 0 saturated heterocycles. The molecule has 0 saturated carbocycles. The minimum absolute atomic E-state index is 0.0436. The Labute approximate surface area is 157 Å². The minimum atomic E-state index is -1.07. The molecule has 3 aromatic rings. The van der Waals surface area contributed by atoms with Crippen LogP contribution in [0.25, 0.3) is 10.2 Å². The number of nitrogens with zero attached hydrogens (tertiary/aromatic N) is 2. The van der Waals surface area contributed by atoms with E-state index in [2.05, 4.69) is 4.98 Å². The molecular formula is C19H16F2N2O3S. The van der Waals surface area contributed by atoms with Crippen molar-refractivity contribution in [3.63, 3.8) is 0 Å². The summed E-state index contributed by atoms with van der Waals surface area (Å²) in [6.45, 7) is 1.95. The van der Waals surface area contributed by atoms with Gasteiger partial charge in [0.05, 0.1) is 23.2 Å². The second kappa shape index (κ2) is 7.79. The molecule has 0 aliphatic rings. The molecule has 0 aliphatic carbocycles. The Hall–Kier alpha value is -2.87. The van der Waals surface area contributed by atoms with Crippen molar-refractivity contribution in [1.82, 2.24) is 4.98 Å². The maximum Gasteiger partial charge on any atom is 0.303 e. The maximum absolute atomic E-state index is 13.9. The summed E-state index contributed by atoms with van der Waals surface area (Å²) in [6.07, 6.45) is -0.460. The number of carbonyl (C=O) groups is 2. The molecule has 27 heavy (non-hydrogen) atoms. The van der Waals surface area contributed by atoms with Gasteiger partial charge in [-0.25, -0.2) is 13.8 Å². The fourth-order valence-corrected chi connectivity index (χ4v) is 3.56. The summed E-state index contributed by atoms with van der Waals surface area (Å²) < 4.78 is 27.4. The van der Waals surface area contributed by atoms with Gasteiger partial charge < -0.3 is 10.0 Å². The van der Waals surface area contributed by atoms with Crippen molar-refractivity contribution in [2.24, 2.45) is 0 Å². The van der Waals surface area contributed by atoms with Crippen LogP contribution in [0, 0.1) is 18.6 Å². The third-order valence-electron chi connectivity index (χ3n) is 3.99. The molecule has 140 valence electrons. The van der Waals surface area contributed by atoms with Crippen molar-refractivity contribution in [1.29, 1.82) is 0 Å². The predicted octanol–water partition coefficient (Wildman–Crippen LogP) is 4.28. The van der Waals surface area contributed by atoms with Gasteiger partial charge in [-0.2, -0.15) is 0 Å². The van der Waals surface area contributed by atoms with Crippen molar-refractivity contribution in [3.8, 4) is 0 Å². The molecule has 0 bridgehead atoms. The number of aliphatic carboxylic acids is 1. The lowest BCUT2D eigenvalue weighted by Crippen LogP contribution is -2.30. The van der Waals surface area contributed by atoms with Crippen molar-refractivity contribution >= 4 is 39.1 Å². The van der Waals surface area contributed by atoms with Crippen molar-refractivity contribution in [2.45, 2.75) is 26.3 Å². The van der Waals surface area contributed by atoms with Gasteiger partial charge in [0.25, 0.3) is 0 Å². The lowest BCUT2D eigenvalue weighted by atomic mass is 10.2. The van der Waals surface area contributed by atoms with Crippen LogP contribution in [0.4, 0.5) is 14.5 Å². The van der Waals surface area contributed by atoms with Gasteiger partial charge in [0, 0.05) is 12.1 Å². The van der Waals surface area contributed by atoms with Crippen LogP contribution >= 0.6 is 11.3 Å². The highest BCUT2D eigenvalue weighted by Gasteiger charge is 2.20. The molecule has 1 aromatic heterocycles. The van der Waals surface area contributed by atoms with Crippen LogP contribution < -0.4 is 4.90 Å². The summed E-state index contributed by atoms with van der Waals surface area (Å²) in [5.74, 6) is -3.36. The molecule has 0 atom stereocenters. The molecule has 8 heteroatoms. The summed E-state index contributed by atoms with van der Waals surface area (Å²) >= 11 is 0.970. The monoisotopic (exact) mass is 390 g/mol. The van der Waals surface area contributed by atoms with Gasteiger partial charge in [-0.1, -0.05) is 17.7 Å². The van der Waals surface area contributed by atoms with Crippen LogP contribution in [-0.2, 0) is 16.1 Å². The van der Waals surface area contributed by atoms with E-state index in [4.69, 9.17) is 5.11 Å². The molecule has 3 rings (SSSR count).